The fraction of sp³-hybridized carbons (Fsp3) is 0.0500. The van der Waals surface area contributed by atoms with E-state index in [9.17, 15) is 4.39 Å². The van der Waals surface area contributed by atoms with Gasteiger partial charge in [-0.2, -0.15) is 0 Å². The number of hydrogen-bond donors (Lipinski definition) is 0. The first kappa shape index (κ1) is 13.0. The van der Waals surface area contributed by atoms with Gasteiger partial charge in [0.2, 0.25) is 5.69 Å². The van der Waals surface area contributed by atoms with Crippen LogP contribution in [0.1, 0.15) is 5.56 Å². The van der Waals surface area contributed by atoms with Crippen molar-refractivity contribution < 1.29 is 9.37 Å². The van der Waals surface area contributed by atoms with Crippen LogP contribution in [0.25, 0.3) is 32.8 Å². The van der Waals surface area contributed by atoms with Crippen molar-refractivity contribution in [1.29, 1.82) is 0 Å². The van der Waals surface area contributed by atoms with E-state index < -0.39 is 0 Å². The molecule has 0 saturated carbocycles. The number of hydrogen-bond acceptors (Lipinski definition) is 0. The lowest BCUT2D eigenvalue weighted by Crippen LogP contribution is -2.06. The summed E-state index contributed by atoms with van der Waals surface area (Å²) in [5, 5.41) is 4.83. The minimum Gasteiger partial charge on any atom is -0.210 e. The molecule has 0 radical (unpaired) electrons. The largest absolute Gasteiger partial charge is 0.211 e. The summed E-state index contributed by atoms with van der Waals surface area (Å²) in [6.07, 6.45) is 2.01. The average molecular weight is 288 g/mol. The lowest BCUT2D eigenvalue weighted by atomic mass is 10.0. The summed E-state index contributed by atoms with van der Waals surface area (Å²) in [4.78, 5) is 3.32. The fourth-order valence-electron chi connectivity index (χ4n) is 2.92. The predicted molar refractivity (Wildman–Crippen MR) is 88.1 cm³/mol. The Bertz CT molecular complexity index is 1000. The van der Waals surface area contributed by atoms with Crippen molar-refractivity contribution in [3.8, 4) is 11.3 Å². The van der Waals surface area contributed by atoms with Crippen LogP contribution in [-0.4, -0.2) is 0 Å². The molecule has 0 aliphatic carbocycles. The van der Waals surface area contributed by atoms with Crippen LogP contribution in [0, 0.1) is 12.7 Å². The SMILES string of the molecule is Cc1cc(-c2cc3c(ccc4ccccc43)c[nH+]2)ccc1F. The number of aromatic amines is 1. The molecule has 0 spiro atoms. The van der Waals surface area contributed by atoms with E-state index in [2.05, 4.69) is 41.4 Å². The predicted octanol–water partition coefficient (Wildman–Crippen LogP) is 4.92. The number of rotatable bonds is 1. The van der Waals surface area contributed by atoms with Crippen LogP contribution in [0.15, 0.2) is 66.9 Å². The summed E-state index contributed by atoms with van der Waals surface area (Å²) in [5.74, 6) is -0.171. The maximum atomic E-state index is 13.5. The minimum absolute atomic E-state index is 0.171. The number of halogens is 1. The molecule has 1 nitrogen and oxygen atoms in total. The van der Waals surface area contributed by atoms with Gasteiger partial charge in [0.15, 0.2) is 6.20 Å². The zero-order chi connectivity index (χ0) is 15.1. The van der Waals surface area contributed by atoms with Crippen LogP contribution < -0.4 is 4.98 Å². The summed E-state index contributed by atoms with van der Waals surface area (Å²) in [5.41, 5.74) is 2.64. The Kier molecular flexibility index (Phi) is 2.90. The highest BCUT2D eigenvalue weighted by Gasteiger charge is 2.10. The number of fused-ring (bicyclic) bond motifs is 3. The number of aryl methyl sites for hydroxylation is 1. The molecule has 0 unspecified atom stereocenters. The van der Waals surface area contributed by atoms with Gasteiger partial charge in [-0.25, -0.2) is 9.37 Å². The lowest BCUT2D eigenvalue weighted by Gasteiger charge is -2.04. The van der Waals surface area contributed by atoms with Crippen molar-refractivity contribution in [3.63, 3.8) is 0 Å². The number of aromatic nitrogens is 1. The fourth-order valence-corrected chi connectivity index (χ4v) is 2.92. The molecule has 0 bridgehead atoms. The van der Waals surface area contributed by atoms with Crippen molar-refractivity contribution in [2.45, 2.75) is 6.92 Å². The topological polar surface area (TPSA) is 14.1 Å². The van der Waals surface area contributed by atoms with Crippen molar-refractivity contribution in [3.05, 3.63) is 78.2 Å². The molecule has 4 aromatic rings. The molecule has 106 valence electrons. The third-order valence-corrected chi connectivity index (χ3v) is 4.15. The van der Waals surface area contributed by atoms with Crippen molar-refractivity contribution >= 4 is 21.5 Å². The molecule has 4 rings (SSSR count). The second-order valence-electron chi connectivity index (χ2n) is 5.60. The number of nitrogens with one attached hydrogen (secondary N) is 1. The first-order chi connectivity index (χ1) is 10.7. The standard InChI is InChI=1S/C20H14FN/c1-13-10-15(8-9-19(13)21)20-11-18-16(12-22-20)7-6-14-4-2-3-5-17(14)18/h2-12H,1H3/p+1. The monoisotopic (exact) mass is 288 g/mol. The Morgan fingerprint density at radius 2 is 1.64 bits per heavy atom. The molecule has 1 aromatic heterocycles. The van der Waals surface area contributed by atoms with E-state index in [1.54, 1.807) is 6.92 Å². The van der Waals surface area contributed by atoms with Crippen molar-refractivity contribution in [2.75, 3.05) is 0 Å². The summed E-state index contributed by atoms with van der Waals surface area (Å²) >= 11 is 0. The molecular formula is C20H15FN+. The van der Waals surface area contributed by atoms with Crippen molar-refractivity contribution in [1.82, 2.24) is 0 Å². The zero-order valence-corrected chi connectivity index (χ0v) is 12.2. The summed E-state index contributed by atoms with van der Waals surface area (Å²) < 4.78 is 13.5. The van der Waals surface area contributed by atoms with E-state index in [0.717, 1.165) is 11.3 Å². The summed E-state index contributed by atoms with van der Waals surface area (Å²) in [6, 6.07) is 20.0. The van der Waals surface area contributed by atoms with Gasteiger partial charge in [-0.15, -0.1) is 0 Å². The highest BCUT2D eigenvalue weighted by atomic mass is 19.1. The van der Waals surface area contributed by atoms with Gasteiger partial charge in [0.1, 0.15) is 5.82 Å². The molecule has 22 heavy (non-hydrogen) atoms. The van der Waals surface area contributed by atoms with E-state index in [0.29, 0.717) is 5.56 Å². The minimum atomic E-state index is -0.171. The summed E-state index contributed by atoms with van der Waals surface area (Å²) in [6.45, 7) is 1.79. The van der Waals surface area contributed by atoms with Gasteiger partial charge < -0.3 is 0 Å². The maximum Gasteiger partial charge on any atom is 0.211 e. The van der Waals surface area contributed by atoms with Gasteiger partial charge >= 0.3 is 0 Å². The molecule has 1 heterocycles. The highest BCUT2D eigenvalue weighted by molar-refractivity contribution is 6.07. The van der Waals surface area contributed by atoms with Gasteiger partial charge in [-0.1, -0.05) is 30.3 Å². The Morgan fingerprint density at radius 3 is 2.50 bits per heavy atom. The first-order valence-corrected chi connectivity index (χ1v) is 7.32. The molecule has 2 heteroatoms. The zero-order valence-electron chi connectivity index (χ0n) is 12.2. The van der Waals surface area contributed by atoms with E-state index in [4.69, 9.17) is 0 Å². The number of H-pyrrole nitrogens is 1. The molecular weight excluding hydrogens is 273 g/mol. The average Bonchev–Trinajstić information content (AvgIpc) is 2.57. The van der Waals surface area contributed by atoms with Crippen LogP contribution in [0.4, 0.5) is 4.39 Å². The van der Waals surface area contributed by atoms with Crippen LogP contribution in [0.5, 0.6) is 0 Å². The Labute approximate surface area is 128 Å². The lowest BCUT2D eigenvalue weighted by molar-refractivity contribution is -0.362. The second kappa shape index (κ2) is 4.92. The third kappa shape index (κ3) is 2.04. The van der Waals surface area contributed by atoms with Gasteiger partial charge in [0.05, 0.1) is 0 Å². The van der Waals surface area contributed by atoms with Gasteiger partial charge in [0.25, 0.3) is 0 Å². The normalized spacial score (nSPS) is 11.2. The van der Waals surface area contributed by atoms with E-state index >= 15 is 0 Å². The molecule has 0 fully saturated rings. The highest BCUT2D eigenvalue weighted by Crippen LogP contribution is 2.27. The Hall–Kier alpha value is -2.74. The first-order valence-electron chi connectivity index (χ1n) is 7.32. The van der Waals surface area contributed by atoms with E-state index in [-0.39, 0.29) is 5.82 Å². The van der Waals surface area contributed by atoms with Crippen LogP contribution in [0.3, 0.4) is 0 Å². The second-order valence-corrected chi connectivity index (χ2v) is 5.60. The van der Waals surface area contributed by atoms with Crippen molar-refractivity contribution in [2.24, 2.45) is 0 Å². The molecule has 3 aromatic carbocycles. The van der Waals surface area contributed by atoms with Gasteiger partial charge in [-0.05, 0) is 47.5 Å². The molecule has 0 aliphatic rings. The molecule has 0 aliphatic heterocycles. The van der Waals surface area contributed by atoms with Crippen LogP contribution in [0.2, 0.25) is 0 Å². The van der Waals surface area contributed by atoms with Gasteiger partial charge in [-0.3, -0.25) is 0 Å². The van der Waals surface area contributed by atoms with E-state index in [1.165, 1.54) is 27.6 Å². The smallest absolute Gasteiger partial charge is 0.210 e. The molecule has 1 N–H and O–H groups in total. The quantitative estimate of drug-likeness (QED) is 0.441. The number of pyridine rings is 1. The number of benzene rings is 3. The van der Waals surface area contributed by atoms with Gasteiger partial charge in [0, 0.05) is 22.4 Å². The summed E-state index contributed by atoms with van der Waals surface area (Å²) in [7, 11) is 0. The van der Waals surface area contributed by atoms with E-state index in [1.807, 2.05) is 24.4 Å². The Balaban J connectivity index is 1.99. The van der Waals surface area contributed by atoms with Crippen LogP contribution >= 0.6 is 0 Å². The third-order valence-electron chi connectivity index (χ3n) is 4.15. The van der Waals surface area contributed by atoms with Crippen LogP contribution in [-0.2, 0) is 0 Å². The molecule has 0 amide bonds. The maximum absolute atomic E-state index is 13.5. The molecule has 0 saturated heterocycles. The Morgan fingerprint density at radius 1 is 0.818 bits per heavy atom. The molecule has 0 atom stereocenters.